The van der Waals surface area contributed by atoms with Crippen molar-refractivity contribution in [1.82, 2.24) is 5.32 Å². The predicted octanol–water partition coefficient (Wildman–Crippen LogP) is 3.05. The van der Waals surface area contributed by atoms with E-state index < -0.39 is 0 Å². The molecule has 0 spiro atoms. The number of rotatable bonds is 2. The second-order valence-corrected chi connectivity index (χ2v) is 5.94. The average Bonchev–Trinajstić information content (AvgIpc) is 2.48. The second kappa shape index (κ2) is 5.92. The van der Waals surface area contributed by atoms with E-state index in [1.807, 2.05) is 30.3 Å². The third kappa shape index (κ3) is 3.12. The van der Waals surface area contributed by atoms with Crippen LogP contribution in [0.25, 0.3) is 0 Å². The van der Waals surface area contributed by atoms with Crippen molar-refractivity contribution in [3.05, 3.63) is 59.2 Å². The first-order valence-electron chi connectivity index (χ1n) is 7.11. The quantitative estimate of drug-likeness (QED) is 0.453. The number of fused-ring (bicyclic) bond motifs is 1. The van der Waals surface area contributed by atoms with Gasteiger partial charge in [-0.25, -0.2) is 4.99 Å². The molecular formula is C17H19N3S. The van der Waals surface area contributed by atoms with Gasteiger partial charge in [-0.2, -0.15) is 0 Å². The van der Waals surface area contributed by atoms with Gasteiger partial charge in [-0.05, 0) is 42.7 Å². The molecule has 0 aromatic heterocycles. The molecule has 1 aliphatic rings. The van der Waals surface area contributed by atoms with Crippen LogP contribution in [0, 0.1) is 0 Å². The number of thiol groups is 1. The van der Waals surface area contributed by atoms with Crippen molar-refractivity contribution in [3.8, 4) is 0 Å². The third-order valence-electron chi connectivity index (χ3n) is 3.79. The van der Waals surface area contributed by atoms with Gasteiger partial charge < -0.3 is 11.1 Å². The van der Waals surface area contributed by atoms with E-state index in [0.717, 1.165) is 29.1 Å². The average molecular weight is 297 g/mol. The summed E-state index contributed by atoms with van der Waals surface area (Å²) < 4.78 is 0. The highest BCUT2D eigenvalue weighted by Gasteiger charge is 2.14. The van der Waals surface area contributed by atoms with Crippen molar-refractivity contribution in [2.45, 2.75) is 30.8 Å². The number of hydrogen-bond acceptors (Lipinski definition) is 3. The van der Waals surface area contributed by atoms with E-state index in [-0.39, 0.29) is 0 Å². The minimum atomic E-state index is 0.498. The Morgan fingerprint density at radius 3 is 2.86 bits per heavy atom. The van der Waals surface area contributed by atoms with Crippen molar-refractivity contribution in [3.63, 3.8) is 0 Å². The number of amidine groups is 1. The Kier molecular flexibility index (Phi) is 3.99. The summed E-state index contributed by atoms with van der Waals surface area (Å²) in [6.45, 7) is 3.10. The standard InChI is InChI=1S/C17H19N3S/c1-11-8-12-6-7-14(9-13(12)10-19-11)20-17(18)15-4-2-3-5-16(15)21/h2-7,9,11,19,21H,8,10H2,1H3,(H2,18,20). The van der Waals surface area contributed by atoms with Crippen LogP contribution in [0.5, 0.6) is 0 Å². The maximum Gasteiger partial charge on any atom is 0.132 e. The summed E-state index contributed by atoms with van der Waals surface area (Å²) in [6, 6.07) is 14.6. The molecule has 21 heavy (non-hydrogen) atoms. The summed E-state index contributed by atoms with van der Waals surface area (Å²) in [6.07, 6.45) is 1.06. The Hall–Kier alpha value is -1.78. The molecule has 0 fully saturated rings. The van der Waals surface area contributed by atoms with Gasteiger partial charge in [-0.1, -0.05) is 24.3 Å². The molecule has 3 rings (SSSR count). The minimum Gasteiger partial charge on any atom is -0.383 e. The summed E-state index contributed by atoms with van der Waals surface area (Å²) in [5.41, 5.74) is 10.6. The largest absolute Gasteiger partial charge is 0.383 e. The van der Waals surface area contributed by atoms with E-state index in [2.05, 4.69) is 42.0 Å². The molecule has 0 saturated heterocycles. The molecule has 3 nitrogen and oxygen atoms in total. The van der Waals surface area contributed by atoms with Crippen LogP contribution < -0.4 is 11.1 Å². The number of benzene rings is 2. The molecule has 0 saturated carbocycles. The number of nitrogens with two attached hydrogens (primary N) is 1. The number of aliphatic imine (C=N–C) groups is 1. The van der Waals surface area contributed by atoms with E-state index in [0.29, 0.717) is 11.9 Å². The van der Waals surface area contributed by atoms with Crippen LogP contribution in [0.1, 0.15) is 23.6 Å². The first-order chi connectivity index (χ1) is 10.1. The summed E-state index contributed by atoms with van der Waals surface area (Å²) in [7, 11) is 0. The second-order valence-electron chi connectivity index (χ2n) is 5.45. The van der Waals surface area contributed by atoms with Crippen LogP contribution in [-0.4, -0.2) is 11.9 Å². The van der Waals surface area contributed by atoms with Crippen molar-refractivity contribution >= 4 is 24.2 Å². The lowest BCUT2D eigenvalue weighted by atomic mass is 9.96. The Morgan fingerprint density at radius 2 is 2.05 bits per heavy atom. The summed E-state index contributed by atoms with van der Waals surface area (Å²) in [5.74, 6) is 0.498. The molecule has 2 aromatic carbocycles. The van der Waals surface area contributed by atoms with Crippen molar-refractivity contribution < 1.29 is 0 Å². The van der Waals surface area contributed by atoms with Gasteiger partial charge in [-0.15, -0.1) is 12.6 Å². The number of hydrogen-bond donors (Lipinski definition) is 3. The Morgan fingerprint density at radius 1 is 1.24 bits per heavy atom. The molecule has 4 heteroatoms. The number of nitrogens with one attached hydrogen (secondary N) is 1. The Balaban J connectivity index is 1.91. The lowest BCUT2D eigenvalue weighted by molar-refractivity contribution is 0.514. The van der Waals surface area contributed by atoms with E-state index in [1.165, 1.54) is 11.1 Å². The van der Waals surface area contributed by atoms with Crippen molar-refractivity contribution in [1.29, 1.82) is 0 Å². The zero-order valence-corrected chi connectivity index (χ0v) is 12.9. The van der Waals surface area contributed by atoms with Crippen LogP contribution >= 0.6 is 12.6 Å². The van der Waals surface area contributed by atoms with Gasteiger partial charge in [0.05, 0.1) is 5.69 Å². The lowest BCUT2D eigenvalue weighted by Gasteiger charge is -2.23. The molecule has 0 radical (unpaired) electrons. The molecule has 0 amide bonds. The fraction of sp³-hybridized carbons (Fsp3) is 0.235. The van der Waals surface area contributed by atoms with Gasteiger partial charge in [0.1, 0.15) is 5.84 Å². The maximum absolute atomic E-state index is 6.11. The summed E-state index contributed by atoms with van der Waals surface area (Å²) in [5, 5.41) is 3.47. The normalized spacial score (nSPS) is 18.4. The molecular weight excluding hydrogens is 278 g/mol. The highest BCUT2D eigenvalue weighted by Crippen LogP contribution is 2.23. The molecule has 3 N–H and O–H groups in total. The zero-order valence-electron chi connectivity index (χ0n) is 12.0. The van der Waals surface area contributed by atoms with Crippen LogP contribution in [0.2, 0.25) is 0 Å². The fourth-order valence-corrected chi connectivity index (χ4v) is 2.90. The number of nitrogens with zero attached hydrogens (tertiary/aromatic N) is 1. The van der Waals surface area contributed by atoms with Crippen molar-refractivity contribution in [2.75, 3.05) is 0 Å². The topological polar surface area (TPSA) is 50.4 Å². The van der Waals surface area contributed by atoms with Gasteiger partial charge in [0, 0.05) is 23.0 Å². The predicted molar refractivity (Wildman–Crippen MR) is 90.5 cm³/mol. The third-order valence-corrected chi connectivity index (χ3v) is 4.18. The molecule has 2 aromatic rings. The first kappa shape index (κ1) is 14.2. The molecule has 1 atom stereocenters. The van der Waals surface area contributed by atoms with E-state index in [4.69, 9.17) is 5.73 Å². The molecule has 108 valence electrons. The monoisotopic (exact) mass is 297 g/mol. The molecule has 0 aliphatic carbocycles. The first-order valence-corrected chi connectivity index (χ1v) is 7.56. The lowest BCUT2D eigenvalue weighted by Crippen LogP contribution is -2.32. The highest BCUT2D eigenvalue weighted by atomic mass is 32.1. The van der Waals surface area contributed by atoms with Crippen LogP contribution in [0.15, 0.2) is 52.4 Å². The molecule has 0 bridgehead atoms. The van der Waals surface area contributed by atoms with Gasteiger partial charge >= 0.3 is 0 Å². The van der Waals surface area contributed by atoms with Gasteiger partial charge in [0.15, 0.2) is 0 Å². The van der Waals surface area contributed by atoms with Gasteiger partial charge in [-0.3, -0.25) is 0 Å². The van der Waals surface area contributed by atoms with Gasteiger partial charge in [0.25, 0.3) is 0 Å². The van der Waals surface area contributed by atoms with Gasteiger partial charge in [0.2, 0.25) is 0 Å². The van der Waals surface area contributed by atoms with E-state index >= 15 is 0 Å². The summed E-state index contributed by atoms with van der Waals surface area (Å²) in [4.78, 5) is 5.38. The SMILES string of the molecule is CC1Cc2ccc(N=C(N)c3ccccc3S)cc2CN1. The fourth-order valence-electron chi connectivity index (χ4n) is 2.62. The molecule has 1 heterocycles. The highest BCUT2D eigenvalue weighted by molar-refractivity contribution is 7.80. The van der Waals surface area contributed by atoms with E-state index in [1.54, 1.807) is 0 Å². The van der Waals surface area contributed by atoms with Crippen molar-refractivity contribution in [2.24, 2.45) is 10.7 Å². The van der Waals surface area contributed by atoms with Crippen LogP contribution in [-0.2, 0) is 13.0 Å². The summed E-state index contributed by atoms with van der Waals surface area (Å²) >= 11 is 4.42. The van der Waals surface area contributed by atoms with E-state index in [9.17, 15) is 0 Å². The molecule has 1 aliphatic heterocycles. The Labute approximate surface area is 130 Å². The van der Waals surface area contributed by atoms with Crippen LogP contribution in [0.3, 0.4) is 0 Å². The Bertz CT molecular complexity index is 694. The zero-order chi connectivity index (χ0) is 14.8. The van der Waals surface area contributed by atoms with Crippen LogP contribution in [0.4, 0.5) is 5.69 Å². The maximum atomic E-state index is 6.11. The minimum absolute atomic E-state index is 0.498. The molecule has 1 unspecified atom stereocenters. The smallest absolute Gasteiger partial charge is 0.132 e.